The number of para-hydroxylation sites is 1. The Labute approximate surface area is 99.7 Å². The molecule has 0 fully saturated rings. The van der Waals surface area contributed by atoms with Gasteiger partial charge in [0.15, 0.2) is 0 Å². The van der Waals surface area contributed by atoms with E-state index < -0.39 is 5.82 Å². The highest BCUT2D eigenvalue weighted by molar-refractivity contribution is 5.96. The summed E-state index contributed by atoms with van der Waals surface area (Å²) in [5, 5.41) is 0. The molecule has 3 nitrogen and oxygen atoms in total. The average molecular weight is 234 g/mol. The van der Waals surface area contributed by atoms with E-state index in [0.717, 1.165) is 0 Å². The summed E-state index contributed by atoms with van der Waals surface area (Å²) in [4.78, 5) is 13.4. The van der Waals surface area contributed by atoms with E-state index in [-0.39, 0.29) is 17.9 Å². The number of benzene rings is 1. The molecule has 2 atom stereocenters. The normalized spacial score (nSPS) is 22.8. The van der Waals surface area contributed by atoms with E-state index in [9.17, 15) is 9.18 Å². The molecule has 2 rings (SSSR count). The van der Waals surface area contributed by atoms with E-state index in [4.69, 9.17) is 5.73 Å². The van der Waals surface area contributed by atoms with Gasteiger partial charge >= 0.3 is 0 Å². The van der Waals surface area contributed by atoms with E-state index in [1.807, 2.05) is 6.08 Å². The van der Waals surface area contributed by atoms with Gasteiger partial charge in [0, 0.05) is 13.1 Å². The third-order valence-corrected chi connectivity index (χ3v) is 2.98. The fourth-order valence-corrected chi connectivity index (χ4v) is 2.00. The highest BCUT2D eigenvalue weighted by atomic mass is 19.1. The first kappa shape index (κ1) is 11.8. The van der Waals surface area contributed by atoms with Crippen LogP contribution in [0.3, 0.4) is 0 Å². The molecule has 1 aromatic rings. The second kappa shape index (κ2) is 4.67. The number of carbonyl (C=O) groups excluding carboxylic acids is 1. The van der Waals surface area contributed by atoms with E-state index in [1.165, 1.54) is 11.0 Å². The quantitative estimate of drug-likeness (QED) is 0.791. The number of amides is 1. The van der Waals surface area contributed by atoms with Crippen molar-refractivity contribution in [1.82, 2.24) is 0 Å². The fraction of sp³-hybridized carbons (Fsp3) is 0.308. The predicted molar refractivity (Wildman–Crippen MR) is 65.0 cm³/mol. The summed E-state index contributed by atoms with van der Waals surface area (Å²) in [5.41, 5.74) is 6.00. The monoisotopic (exact) mass is 234 g/mol. The number of carbonyl (C=O) groups is 1. The Kier molecular flexibility index (Phi) is 3.24. The van der Waals surface area contributed by atoms with E-state index in [2.05, 4.69) is 0 Å². The molecular weight excluding hydrogens is 219 g/mol. The zero-order valence-electron chi connectivity index (χ0n) is 9.64. The second-order valence-corrected chi connectivity index (χ2v) is 4.24. The van der Waals surface area contributed by atoms with Crippen LogP contribution >= 0.6 is 0 Å². The summed E-state index contributed by atoms with van der Waals surface area (Å²) in [6, 6.07) is 6.17. The lowest BCUT2D eigenvalue weighted by Crippen LogP contribution is -2.33. The van der Waals surface area contributed by atoms with Crippen molar-refractivity contribution < 1.29 is 9.18 Å². The van der Waals surface area contributed by atoms with Gasteiger partial charge in [0.1, 0.15) is 5.82 Å². The fourth-order valence-electron chi connectivity index (χ4n) is 2.00. The smallest absolute Gasteiger partial charge is 0.233 e. The lowest BCUT2D eigenvalue weighted by atomic mass is 10.1. The molecule has 1 amide bonds. The number of hydrogen-bond acceptors (Lipinski definition) is 2. The second-order valence-electron chi connectivity index (χ2n) is 4.24. The van der Waals surface area contributed by atoms with Crippen molar-refractivity contribution in [1.29, 1.82) is 0 Å². The highest BCUT2D eigenvalue weighted by Crippen LogP contribution is 2.23. The Hall–Kier alpha value is -1.68. The van der Waals surface area contributed by atoms with Crippen LogP contribution in [0.5, 0.6) is 0 Å². The van der Waals surface area contributed by atoms with Crippen molar-refractivity contribution in [3.05, 3.63) is 42.2 Å². The predicted octanol–water partition coefficient (Wildman–Crippen LogP) is 1.69. The molecule has 0 saturated carbocycles. The maximum Gasteiger partial charge on any atom is 0.233 e. The van der Waals surface area contributed by atoms with Gasteiger partial charge in [-0.3, -0.25) is 4.79 Å². The molecule has 17 heavy (non-hydrogen) atoms. The van der Waals surface area contributed by atoms with Crippen LogP contribution in [0.25, 0.3) is 0 Å². The maximum atomic E-state index is 13.5. The summed E-state index contributed by atoms with van der Waals surface area (Å²) in [6.07, 6.45) is 4.21. The number of hydrogen-bond donors (Lipinski definition) is 1. The van der Waals surface area contributed by atoms with E-state index >= 15 is 0 Å². The SMILES string of the molecule is CN(C(=O)C1C=CC(N)C1)c1ccccc1F. The molecule has 0 aliphatic heterocycles. The largest absolute Gasteiger partial charge is 0.324 e. The van der Waals surface area contributed by atoms with Gasteiger partial charge in [-0.1, -0.05) is 24.3 Å². The minimum atomic E-state index is -0.394. The van der Waals surface area contributed by atoms with Crippen LogP contribution in [0.4, 0.5) is 10.1 Å². The number of halogens is 1. The van der Waals surface area contributed by atoms with Gasteiger partial charge in [0.2, 0.25) is 5.91 Å². The Morgan fingerprint density at radius 1 is 1.41 bits per heavy atom. The third kappa shape index (κ3) is 2.36. The standard InChI is InChI=1S/C13H15FN2O/c1-16(12-5-3-2-4-11(12)14)13(17)9-6-7-10(15)8-9/h2-7,9-10H,8,15H2,1H3. The number of anilines is 1. The molecule has 0 saturated heterocycles. The van der Waals surface area contributed by atoms with Gasteiger partial charge in [0.25, 0.3) is 0 Å². The molecule has 0 radical (unpaired) electrons. The molecule has 1 aromatic carbocycles. The van der Waals surface area contributed by atoms with Crippen LogP contribution in [0.2, 0.25) is 0 Å². The van der Waals surface area contributed by atoms with Gasteiger partial charge in [-0.15, -0.1) is 0 Å². The summed E-state index contributed by atoms with van der Waals surface area (Å²) in [7, 11) is 1.58. The van der Waals surface area contributed by atoms with Crippen LogP contribution < -0.4 is 10.6 Å². The van der Waals surface area contributed by atoms with Crippen LogP contribution in [0, 0.1) is 11.7 Å². The minimum absolute atomic E-state index is 0.0713. The topological polar surface area (TPSA) is 46.3 Å². The Morgan fingerprint density at radius 3 is 2.71 bits per heavy atom. The zero-order chi connectivity index (χ0) is 12.4. The number of rotatable bonds is 2. The van der Waals surface area contributed by atoms with Gasteiger partial charge in [-0.25, -0.2) is 4.39 Å². The molecule has 0 aromatic heterocycles. The van der Waals surface area contributed by atoms with Crippen molar-refractivity contribution in [3.8, 4) is 0 Å². The van der Waals surface area contributed by atoms with Crippen molar-refractivity contribution in [2.24, 2.45) is 11.7 Å². The number of nitrogens with two attached hydrogens (primary N) is 1. The first-order valence-corrected chi connectivity index (χ1v) is 5.55. The van der Waals surface area contributed by atoms with E-state index in [0.29, 0.717) is 12.1 Å². The van der Waals surface area contributed by atoms with Gasteiger partial charge in [-0.05, 0) is 18.6 Å². The molecule has 0 heterocycles. The van der Waals surface area contributed by atoms with Crippen molar-refractivity contribution in [2.45, 2.75) is 12.5 Å². The van der Waals surface area contributed by atoms with E-state index in [1.54, 1.807) is 31.3 Å². The Balaban J connectivity index is 2.16. The van der Waals surface area contributed by atoms with Gasteiger partial charge < -0.3 is 10.6 Å². The zero-order valence-corrected chi connectivity index (χ0v) is 9.64. The number of nitrogens with zero attached hydrogens (tertiary/aromatic N) is 1. The summed E-state index contributed by atoms with van der Waals surface area (Å²) < 4.78 is 13.5. The molecule has 90 valence electrons. The molecule has 1 aliphatic carbocycles. The van der Waals surface area contributed by atoms with Crippen LogP contribution in [-0.4, -0.2) is 19.0 Å². The van der Waals surface area contributed by atoms with Crippen LogP contribution in [0.1, 0.15) is 6.42 Å². The molecule has 1 aliphatic rings. The lowest BCUT2D eigenvalue weighted by molar-refractivity contribution is -0.120. The molecule has 2 N–H and O–H groups in total. The van der Waals surface area contributed by atoms with Crippen molar-refractivity contribution in [3.63, 3.8) is 0 Å². The Bertz CT molecular complexity index is 458. The molecular formula is C13H15FN2O. The van der Waals surface area contributed by atoms with Gasteiger partial charge in [-0.2, -0.15) is 0 Å². The minimum Gasteiger partial charge on any atom is -0.324 e. The first-order valence-electron chi connectivity index (χ1n) is 5.55. The summed E-state index contributed by atoms with van der Waals surface area (Å²) in [6.45, 7) is 0. The Morgan fingerprint density at radius 2 is 2.12 bits per heavy atom. The molecule has 0 bridgehead atoms. The van der Waals surface area contributed by atoms with Crippen molar-refractivity contribution in [2.75, 3.05) is 11.9 Å². The van der Waals surface area contributed by atoms with Crippen LogP contribution in [-0.2, 0) is 4.79 Å². The maximum absolute atomic E-state index is 13.5. The molecule has 4 heteroatoms. The highest BCUT2D eigenvalue weighted by Gasteiger charge is 2.26. The third-order valence-electron chi connectivity index (χ3n) is 2.98. The lowest BCUT2D eigenvalue weighted by Gasteiger charge is -2.21. The average Bonchev–Trinajstić information content (AvgIpc) is 2.75. The van der Waals surface area contributed by atoms with Crippen LogP contribution in [0.15, 0.2) is 36.4 Å². The first-order chi connectivity index (χ1) is 8.09. The molecule has 0 spiro atoms. The summed E-state index contributed by atoms with van der Waals surface area (Å²) in [5.74, 6) is -0.761. The summed E-state index contributed by atoms with van der Waals surface area (Å²) >= 11 is 0. The van der Waals surface area contributed by atoms with Gasteiger partial charge in [0.05, 0.1) is 11.6 Å². The molecule has 2 unspecified atom stereocenters. The van der Waals surface area contributed by atoms with Crippen molar-refractivity contribution >= 4 is 11.6 Å².